The Balaban J connectivity index is 0.00000172. The van der Waals surface area contributed by atoms with Gasteiger partial charge < -0.3 is 10.4 Å². The van der Waals surface area contributed by atoms with Crippen molar-refractivity contribution in [3.8, 4) is 5.75 Å². The summed E-state index contributed by atoms with van der Waals surface area (Å²) in [4.78, 5) is 22.6. The Hall–Kier alpha value is -2.37. The molecule has 1 aromatic rings. The lowest BCUT2D eigenvalue weighted by Gasteiger charge is -2.08. The van der Waals surface area contributed by atoms with E-state index in [4.69, 9.17) is 0 Å². The number of carbonyl (C=O) groups excluding carboxylic acids is 2. The van der Waals surface area contributed by atoms with Gasteiger partial charge in [0.1, 0.15) is 0 Å². The third-order valence-corrected chi connectivity index (χ3v) is 1.97. The van der Waals surface area contributed by atoms with E-state index < -0.39 is 5.91 Å². The largest absolute Gasteiger partial charge is 0.505 e. The third-order valence-electron chi connectivity index (χ3n) is 1.97. The summed E-state index contributed by atoms with van der Waals surface area (Å²) >= 11 is 0. The number of nitrogens with one attached hydrogen (secondary N) is 2. The Morgan fingerprint density at radius 1 is 1.15 bits per heavy atom. The van der Waals surface area contributed by atoms with Crippen molar-refractivity contribution in [3.05, 3.63) is 23.8 Å². The number of anilines is 1. The lowest BCUT2D eigenvalue weighted by molar-refractivity contribution is -0.114. The highest BCUT2D eigenvalue weighted by molar-refractivity contribution is 6.01. The number of hydrogen-bond acceptors (Lipinski definition) is 4. The monoisotopic (exact) mass is 279 g/mol. The van der Waals surface area contributed by atoms with Crippen molar-refractivity contribution in [1.82, 2.24) is 5.43 Å². The maximum Gasteiger partial charge on any atom is 0.275 e. The van der Waals surface area contributed by atoms with Gasteiger partial charge in [0.15, 0.2) is 5.75 Å². The number of hydrogen-bond donors (Lipinski definition) is 3. The predicted octanol–water partition coefficient (Wildman–Crippen LogP) is 2.50. The van der Waals surface area contributed by atoms with Gasteiger partial charge in [-0.1, -0.05) is 19.9 Å². The van der Waals surface area contributed by atoms with Crippen molar-refractivity contribution in [3.63, 3.8) is 0 Å². The topological polar surface area (TPSA) is 90.8 Å². The summed E-state index contributed by atoms with van der Waals surface area (Å²) in [5.41, 5.74) is 3.21. The van der Waals surface area contributed by atoms with Crippen LogP contribution in [0.4, 0.5) is 5.69 Å². The molecule has 0 aliphatic carbocycles. The van der Waals surface area contributed by atoms with Gasteiger partial charge in [0.2, 0.25) is 5.91 Å². The van der Waals surface area contributed by atoms with Crippen molar-refractivity contribution >= 4 is 23.2 Å². The minimum atomic E-state index is -0.541. The predicted molar refractivity (Wildman–Crippen MR) is 80.0 cm³/mol. The van der Waals surface area contributed by atoms with Gasteiger partial charge in [-0.2, -0.15) is 5.10 Å². The quantitative estimate of drug-likeness (QED) is 0.451. The van der Waals surface area contributed by atoms with E-state index in [2.05, 4.69) is 15.8 Å². The average Bonchev–Trinajstić information content (AvgIpc) is 2.40. The molecule has 0 aromatic heterocycles. The van der Waals surface area contributed by atoms with E-state index in [0.29, 0.717) is 5.71 Å². The fourth-order valence-corrected chi connectivity index (χ4v) is 1.24. The minimum Gasteiger partial charge on any atom is -0.505 e. The van der Waals surface area contributed by atoms with E-state index in [1.54, 1.807) is 19.9 Å². The van der Waals surface area contributed by atoms with Crippen LogP contribution in [0.25, 0.3) is 0 Å². The summed E-state index contributed by atoms with van der Waals surface area (Å²) in [5, 5.41) is 16.0. The van der Waals surface area contributed by atoms with Gasteiger partial charge in [-0.3, -0.25) is 9.59 Å². The first-order valence-corrected chi connectivity index (χ1v) is 6.32. The van der Waals surface area contributed by atoms with Crippen LogP contribution >= 0.6 is 0 Å². The van der Waals surface area contributed by atoms with Crippen LogP contribution in [-0.2, 0) is 4.79 Å². The van der Waals surface area contributed by atoms with E-state index in [0.717, 1.165) is 0 Å². The number of carbonyl (C=O) groups is 2. The molecule has 0 spiro atoms. The molecule has 6 heteroatoms. The highest BCUT2D eigenvalue weighted by Gasteiger charge is 2.14. The first-order valence-electron chi connectivity index (χ1n) is 6.32. The summed E-state index contributed by atoms with van der Waals surface area (Å²) in [6, 6.07) is 4.50. The Bertz CT molecular complexity index is 506. The summed E-state index contributed by atoms with van der Waals surface area (Å²) in [6.45, 7) is 8.78. The number of phenolic OH excluding ortho intramolecular Hbond substituents is 1. The van der Waals surface area contributed by atoms with Gasteiger partial charge in [-0.25, -0.2) is 5.43 Å². The molecular formula is C14H21N3O3. The van der Waals surface area contributed by atoms with Crippen LogP contribution in [0.3, 0.4) is 0 Å². The maximum absolute atomic E-state index is 11.7. The molecule has 1 aromatic carbocycles. The molecule has 0 aliphatic heterocycles. The Kier molecular flexibility index (Phi) is 7.65. The molecular weight excluding hydrogens is 258 g/mol. The molecule has 0 atom stereocenters. The van der Waals surface area contributed by atoms with E-state index in [-0.39, 0.29) is 22.9 Å². The van der Waals surface area contributed by atoms with Crippen LogP contribution < -0.4 is 10.7 Å². The fraction of sp³-hybridized carbons (Fsp3) is 0.357. The van der Waals surface area contributed by atoms with Crippen molar-refractivity contribution < 1.29 is 14.7 Å². The van der Waals surface area contributed by atoms with E-state index in [1.165, 1.54) is 19.1 Å². The molecule has 110 valence electrons. The highest BCUT2D eigenvalue weighted by atomic mass is 16.3. The molecule has 0 saturated carbocycles. The Labute approximate surface area is 118 Å². The molecule has 0 bridgehead atoms. The fourth-order valence-electron chi connectivity index (χ4n) is 1.24. The number of hydrazone groups is 1. The normalized spacial score (nSPS) is 8.85. The van der Waals surface area contributed by atoms with Crippen LogP contribution in [-0.4, -0.2) is 22.6 Å². The van der Waals surface area contributed by atoms with E-state index in [1.807, 2.05) is 13.8 Å². The van der Waals surface area contributed by atoms with Gasteiger partial charge in [0.05, 0.1) is 11.3 Å². The zero-order valence-electron chi connectivity index (χ0n) is 12.4. The zero-order chi connectivity index (χ0) is 15.7. The Morgan fingerprint density at radius 2 is 1.75 bits per heavy atom. The van der Waals surface area contributed by atoms with Gasteiger partial charge in [-0.15, -0.1) is 0 Å². The SMILES string of the molecule is CC.CC(=O)Nc1cccc(C(=O)NN=C(C)C)c1O. The molecule has 0 saturated heterocycles. The second-order valence-corrected chi connectivity index (χ2v) is 3.88. The van der Waals surface area contributed by atoms with Gasteiger partial charge in [0.25, 0.3) is 5.91 Å². The summed E-state index contributed by atoms with van der Waals surface area (Å²) < 4.78 is 0. The molecule has 0 radical (unpaired) electrons. The van der Waals surface area contributed by atoms with Crippen LogP contribution in [0.5, 0.6) is 5.75 Å². The first kappa shape index (κ1) is 17.6. The molecule has 2 amide bonds. The second-order valence-electron chi connectivity index (χ2n) is 3.88. The van der Waals surface area contributed by atoms with Gasteiger partial charge in [0, 0.05) is 12.6 Å². The van der Waals surface area contributed by atoms with Crippen molar-refractivity contribution in [2.24, 2.45) is 5.10 Å². The van der Waals surface area contributed by atoms with Crippen LogP contribution in [0.15, 0.2) is 23.3 Å². The van der Waals surface area contributed by atoms with Crippen molar-refractivity contribution in [2.45, 2.75) is 34.6 Å². The number of benzene rings is 1. The minimum absolute atomic E-state index is 0.0475. The van der Waals surface area contributed by atoms with Gasteiger partial charge >= 0.3 is 0 Å². The maximum atomic E-state index is 11.7. The number of rotatable bonds is 3. The summed E-state index contributed by atoms with van der Waals surface area (Å²) in [7, 11) is 0. The molecule has 20 heavy (non-hydrogen) atoms. The zero-order valence-corrected chi connectivity index (χ0v) is 12.4. The molecule has 0 unspecified atom stereocenters. The summed E-state index contributed by atoms with van der Waals surface area (Å²) in [6.07, 6.45) is 0. The molecule has 1 rings (SSSR count). The van der Waals surface area contributed by atoms with E-state index in [9.17, 15) is 14.7 Å². The van der Waals surface area contributed by atoms with Crippen LogP contribution in [0, 0.1) is 0 Å². The van der Waals surface area contributed by atoms with E-state index >= 15 is 0 Å². The molecule has 3 N–H and O–H groups in total. The van der Waals surface area contributed by atoms with Crippen molar-refractivity contribution in [2.75, 3.05) is 5.32 Å². The number of aromatic hydroxyl groups is 1. The number of nitrogens with zero attached hydrogens (tertiary/aromatic N) is 1. The second kappa shape index (κ2) is 8.68. The number of para-hydroxylation sites is 1. The lowest BCUT2D eigenvalue weighted by Crippen LogP contribution is -2.19. The van der Waals surface area contributed by atoms with Crippen molar-refractivity contribution in [1.29, 1.82) is 0 Å². The summed E-state index contributed by atoms with van der Waals surface area (Å²) in [5.74, 6) is -1.15. The molecule has 6 nitrogen and oxygen atoms in total. The average molecular weight is 279 g/mol. The third kappa shape index (κ3) is 5.51. The smallest absolute Gasteiger partial charge is 0.275 e. The highest BCUT2D eigenvalue weighted by Crippen LogP contribution is 2.27. The lowest BCUT2D eigenvalue weighted by atomic mass is 10.1. The Morgan fingerprint density at radius 3 is 2.25 bits per heavy atom. The molecule has 0 aliphatic rings. The molecule has 0 heterocycles. The number of phenols is 1. The van der Waals surface area contributed by atoms with Crippen LogP contribution in [0.1, 0.15) is 45.0 Å². The number of amides is 2. The first-order chi connectivity index (χ1) is 9.41. The van der Waals surface area contributed by atoms with Crippen LogP contribution in [0.2, 0.25) is 0 Å². The molecule has 0 fully saturated rings. The standard InChI is InChI=1S/C12H15N3O3.C2H6/c1-7(2)14-15-12(18)9-5-4-6-10(11(9)17)13-8(3)16;1-2/h4-6,17H,1-3H3,(H,13,16)(H,15,18);1-2H3. The van der Waals surface area contributed by atoms with Gasteiger partial charge in [-0.05, 0) is 26.0 Å².